The number of unbranched alkanes of at least 4 members (excludes halogenated alkanes) is 1. The van der Waals surface area contributed by atoms with Crippen molar-refractivity contribution in [1.29, 1.82) is 0 Å². The number of nitrogens with one attached hydrogen (secondary N) is 3. The van der Waals surface area contributed by atoms with Crippen LogP contribution >= 0.6 is 0 Å². The smallest absolute Gasteiger partial charge is 0.407 e. The van der Waals surface area contributed by atoms with Gasteiger partial charge in [0.2, 0.25) is 11.8 Å². The number of ether oxygens (including phenoxy) is 1. The lowest BCUT2D eigenvalue weighted by Gasteiger charge is -2.27. The van der Waals surface area contributed by atoms with E-state index in [0.717, 1.165) is 4.90 Å². The number of hydrogen-bond acceptors (Lipinski definition) is 7. The fourth-order valence-electron chi connectivity index (χ4n) is 3.64. The highest BCUT2D eigenvalue weighted by atomic mass is 16.6. The molecule has 2 aliphatic heterocycles. The van der Waals surface area contributed by atoms with Gasteiger partial charge in [0.25, 0.3) is 11.8 Å². The lowest BCUT2D eigenvalue weighted by Crippen LogP contribution is -2.54. The Morgan fingerprint density at radius 3 is 2.53 bits per heavy atom. The molecule has 10 nitrogen and oxygen atoms in total. The van der Waals surface area contributed by atoms with Crippen molar-refractivity contribution in [2.24, 2.45) is 0 Å². The van der Waals surface area contributed by atoms with E-state index in [9.17, 15) is 24.0 Å². The van der Waals surface area contributed by atoms with Crippen LogP contribution < -0.4 is 16.0 Å². The van der Waals surface area contributed by atoms with Gasteiger partial charge in [-0.1, -0.05) is 6.07 Å². The van der Waals surface area contributed by atoms with E-state index < -0.39 is 41.4 Å². The number of anilines is 1. The molecule has 1 unspecified atom stereocenters. The van der Waals surface area contributed by atoms with E-state index in [0.29, 0.717) is 31.6 Å². The van der Waals surface area contributed by atoms with Crippen LogP contribution in [0, 0.1) is 0 Å². The van der Waals surface area contributed by atoms with Crippen LogP contribution in [0.5, 0.6) is 0 Å². The Balaban J connectivity index is 1.55. The molecule has 0 aliphatic carbocycles. The summed E-state index contributed by atoms with van der Waals surface area (Å²) in [4.78, 5) is 62.0. The minimum absolute atomic E-state index is 0.0756. The second-order valence-electron chi connectivity index (χ2n) is 8.74. The Labute approximate surface area is 186 Å². The third-order valence-corrected chi connectivity index (χ3v) is 5.06. The summed E-state index contributed by atoms with van der Waals surface area (Å²) in [6.07, 6.45) is 1.12. The van der Waals surface area contributed by atoms with E-state index in [-0.39, 0.29) is 24.0 Å². The van der Waals surface area contributed by atoms with Gasteiger partial charge in [-0.2, -0.15) is 0 Å². The number of imide groups is 2. The Morgan fingerprint density at radius 2 is 1.84 bits per heavy atom. The molecule has 0 bridgehead atoms. The molecule has 1 aromatic carbocycles. The number of nitrogens with zero attached hydrogens (tertiary/aromatic N) is 1. The van der Waals surface area contributed by atoms with Gasteiger partial charge in [0.05, 0.1) is 11.1 Å². The second-order valence-corrected chi connectivity index (χ2v) is 8.74. The van der Waals surface area contributed by atoms with Gasteiger partial charge in [-0.05, 0) is 52.2 Å². The quantitative estimate of drug-likeness (QED) is 0.431. The van der Waals surface area contributed by atoms with Crippen LogP contribution in [-0.4, -0.2) is 59.4 Å². The molecular formula is C22H28N4O6. The average Bonchev–Trinajstić information content (AvgIpc) is 2.95. The van der Waals surface area contributed by atoms with Gasteiger partial charge in [-0.3, -0.25) is 29.4 Å². The van der Waals surface area contributed by atoms with Crippen LogP contribution in [0.1, 0.15) is 67.2 Å². The zero-order chi connectivity index (χ0) is 23.5. The highest BCUT2D eigenvalue weighted by Gasteiger charge is 2.45. The van der Waals surface area contributed by atoms with Gasteiger partial charge < -0.3 is 15.4 Å². The molecule has 0 saturated carbocycles. The first-order valence-electron chi connectivity index (χ1n) is 10.6. The standard InChI is InChI=1S/C22H28N4O6/c1-22(2,3)32-21(31)24-12-5-4-11-23-14-8-6-7-13-17(14)20(30)26(19(13)29)15-9-10-16(27)25-18(15)28/h6-8,15,23H,4-5,9-12H2,1-3H3,(H,24,31)(H,25,27,28). The van der Waals surface area contributed by atoms with Gasteiger partial charge in [-0.15, -0.1) is 0 Å². The molecule has 3 N–H and O–H groups in total. The van der Waals surface area contributed by atoms with Crippen LogP contribution in [0.15, 0.2) is 18.2 Å². The van der Waals surface area contributed by atoms with E-state index in [1.54, 1.807) is 39.0 Å². The molecule has 5 amide bonds. The average molecular weight is 444 g/mol. The number of amides is 5. The lowest BCUT2D eigenvalue weighted by molar-refractivity contribution is -0.136. The number of fused-ring (bicyclic) bond motifs is 1. The maximum Gasteiger partial charge on any atom is 0.407 e. The Morgan fingerprint density at radius 1 is 1.12 bits per heavy atom. The van der Waals surface area contributed by atoms with Crippen LogP contribution in [-0.2, 0) is 14.3 Å². The molecule has 1 aromatic rings. The summed E-state index contributed by atoms with van der Waals surface area (Å²) in [6, 6.07) is 3.94. The summed E-state index contributed by atoms with van der Waals surface area (Å²) >= 11 is 0. The lowest BCUT2D eigenvalue weighted by atomic mass is 10.0. The topological polar surface area (TPSA) is 134 Å². The van der Waals surface area contributed by atoms with Gasteiger partial charge >= 0.3 is 6.09 Å². The van der Waals surface area contributed by atoms with E-state index in [2.05, 4.69) is 16.0 Å². The summed E-state index contributed by atoms with van der Waals surface area (Å²) in [5.74, 6) is -2.13. The van der Waals surface area contributed by atoms with Gasteiger partial charge in [0, 0.05) is 25.2 Å². The number of hydrogen-bond donors (Lipinski definition) is 3. The van der Waals surface area contributed by atoms with Crippen molar-refractivity contribution in [2.45, 2.75) is 58.1 Å². The van der Waals surface area contributed by atoms with E-state index in [1.165, 1.54) is 0 Å². The Bertz CT molecular complexity index is 952. The van der Waals surface area contributed by atoms with E-state index in [1.807, 2.05) is 0 Å². The van der Waals surface area contributed by atoms with Crippen molar-refractivity contribution in [2.75, 3.05) is 18.4 Å². The van der Waals surface area contributed by atoms with Crippen molar-refractivity contribution in [3.8, 4) is 0 Å². The monoisotopic (exact) mass is 444 g/mol. The minimum Gasteiger partial charge on any atom is -0.444 e. The third kappa shape index (κ3) is 5.24. The molecule has 0 radical (unpaired) electrons. The number of carbonyl (C=O) groups excluding carboxylic acids is 5. The normalized spacial score (nSPS) is 18.3. The maximum atomic E-state index is 13.0. The Hall–Kier alpha value is -3.43. The van der Waals surface area contributed by atoms with Crippen molar-refractivity contribution < 1.29 is 28.7 Å². The van der Waals surface area contributed by atoms with Crippen LogP contribution in [0.4, 0.5) is 10.5 Å². The summed E-state index contributed by atoms with van der Waals surface area (Å²) < 4.78 is 5.17. The largest absolute Gasteiger partial charge is 0.444 e. The fraction of sp³-hybridized carbons (Fsp3) is 0.500. The minimum atomic E-state index is -0.994. The number of benzene rings is 1. The predicted molar refractivity (Wildman–Crippen MR) is 115 cm³/mol. The van der Waals surface area contributed by atoms with Crippen LogP contribution in [0.2, 0.25) is 0 Å². The third-order valence-electron chi connectivity index (χ3n) is 5.06. The summed E-state index contributed by atoms with van der Waals surface area (Å²) in [6.45, 7) is 6.35. The molecule has 0 spiro atoms. The fourth-order valence-corrected chi connectivity index (χ4v) is 3.64. The molecule has 3 rings (SSSR count). The number of rotatable bonds is 7. The van der Waals surface area contributed by atoms with Gasteiger partial charge in [0.15, 0.2) is 0 Å². The zero-order valence-electron chi connectivity index (χ0n) is 18.4. The van der Waals surface area contributed by atoms with Gasteiger partial charge in [-0.25, -0.2) is 4.79 Å². The van der Waals surface area contributed by atoms with Crippen molar-refractivity contribution in [1.82, 2.24) is 15.5 Å². The molecule has 1 fully saturated rings. The summed E-state index contributed by atoms with van der Waals surface area (Å²) in [7, 11) is 0. The van der Waals surface area contributed by atoms with Gasteiger partial charge in [0.1, 0.15) is 11.6 Å². The summed E-state index contributed by atoms with van der Waals surface area (Å²) in [5, 5.41) is 8.04. The molecule has 32 heavy (non-hydrogen) atoms. The first-order chi connectivity index (χ1) is 15.1. The van der Waals surface area contributed by atoms with Crippen LogP contribution in [0.25, 0.3) is 0 Å². The molecule has 172 valence electrons. The number of alkyl carbamates (subject to hydrolysis) is 1. The van der Waals surface area contributed by atoms with Crippen molar-refractivity contribution >= 4 is 35.4 Å². The molecule has 1 saturated heterocycles. The van der Waals surface area contributed by atoms with Crippen LogP contribution in [0.3, 0.4) is 0 Å². The zero-order valence-corrected chi connectivity index (χ0v) is 18.4. The molecular weight excluding hydrogens is 416 g/mol. The SMILES string of the molecule is CC(C)(C)OC(=O)NCCCCNc1cccc2c1C(=O)N(C1CCC(=O)NC1=O)C2=O. The Kier molecular flexibility index (Phi) is 6.81. The first kappa shape index (κ1) is 23.2. The number of carbonyl (C=O) groups is 5. The second kappa shape index (κ2) is 9.37. The first-order valence-corrected chi connectivity index (χ1v) is 10.6. The number of piperidine rings is 1. The molecule has 1 atom stereocenters. The molecule has 10 heteroatoms. The predicted octanol–water partition coefficient (Wildman–Crippen LogP) is 1.80. The molecule has 2 heterocycles. The van der Waals surface area contributed by atoms with E-state index in [4.69, 9.17) is 4.74 Å². The van der Waals surface area contributed by atoms with Crippen molar-refractivity contribution in [3.63, 3.8) is 0 Å². The maximum absolute atomic E-state index is 13.0. The van der Waals surface area contributed by atoms with E-state index >= 15 is 0 Å². The molecule has 0 aromatic heterocycles. The highest BCUT2D eigenvalue weighted by molar-refractivity contribution is 6.25. The highest BCUT2D eigenvalue weighted by Crippen LogP contribution is 2.32. The summed E-state index contributed by atoms with van der Waals surface area (Å²) in [5.41, 5.74) is 0.423. The molecule has 2 aliphatic rings. The van der Waals surface area contributed by atoms with Crippen molar-refractivity contribution in [3.05, 3.63) is 29.3 Å².